The van der Waals surface area contributed by atoms with E-state index in [2.05, 4.69) is 0 Å². The number of hydrogen-bond donors (Lipinski definition) is 0. The second kappa shape index (κ2) is 9.44. The predicted molar refractivity (Wildman–Crippen MR) is 75.6 cm³/mol. The largest absolute Gasteiger partial charge is 0.468 e. The summed E-state index contributed by atoms with van der Waals surface area (Å²) in [7, 11) is 1.33. The lowest BCUT2D eigenvalue weighted by Gasteiger charge is -2.19. The Labute approximate surface area is 117 Å². The van der Waals surface area contributed by atoms with E-state index < -0.39 is 5.25 Å². The Morgan fingerprint density at radius 1 is 1.17 bits per heavy atom. The van der Waals surface area contributed by atoms with E-state index in [-0.39, 0.29) is 22.1 Å². The first-order chi connectivity index (χ1) is 8.38. The van der Waals surface area contributed by atoms with E-state index >= 15 is 0 Å². The number of carbonyl (C=O) groups is 3. The molecular weight excluding hydrogens is 272 g/mol. The summed E-state index contributed by atoms with van der Waals surface area (Å²) < 4.78 is 4.71. The number of esters is 1. The van der Waals surface area contributed by atoms with E-state index in [1.54, 1.807) is 0 Å². The van der Waals surface area contributed by atoms with Crippen molar-refractivity contribution in [3.63, 3.8) is 0 Å². The number of thioether (sulfide) groups is 2. The maximum Gasteiger partial charge on any atom is 0.319 e. The van der Waals surface area contributed by atoms with Gasteiger partial charge in [-0.3, -0.25) is 14.4 Å². The third-order valence-corrected chi connectivity index (χ3v) is 4.49. The van der Waals surface area contributed by atoms with Gasteiger partial charge in [-0.2, -0.15) is 0 Å². The van der Waals surface area contributed by atoms with Crippen LogP contribution in [0.1, 0.15) is 33.6 Å². The Bertz CT molecular complexity index is 304. The Kier molecular flexibility index (Phi) is 9.18. The van der Waals surface area contributed by atoms with Gasteiger partial charge in [0.1, 0.15) is 5.25 Å². The summed E-state index contributed by atoms with van der Waals surface area (Å²) in [6.07, 6.45) is 1.64. The van der Waals surface area contributed by atoms with Gasteiger partial charge in [-0.05, 0) is 18.8 Å². The van der Waals surface area contributed by atoms with Crippen molar-refractivity contribution >= 4 is 39.7 Å². The number of ether oxygens (including phenoxy) is 1. The van der Waals surface area contributed by atoms with Crippen molar-refractivity contribution in [2.75, 3.05) is 12.9 Å². The second-order valence-electron chi connectivity index (χ2n) is 4.01. The lowest BCUT2D eigenvalue weighted by atomic mass is 10.0. The van der Waals surface area contributed by atoms with Gasteiger partial charge >= 0.3 is 5.97 Å². The molecule has 0 aliphatic rings. The Balaban J connectivity index is 4.20. The van der Waals surface area contributed by atoms with Crippen LogP contribution >= 0.6 is 23.5 Å². The fourth-order valence-corrected chi connectivity index (χ4v) is 2.98. The van der Waals surface area contributed by atoms with Crippen LogP contribution in [0.15, 0.2) is 0 Å². The highest BCUT2D eigenvalue weighted by Gasteiger charge is 2.27. The van der Waals surface area contributed by atoms with Gasteiger partial charge in [-0.25, -0.2) is 0 Å². The Morgan fingerprint density at radius 3 is 2.22 bits per heavy atom. The number of hydrogen-bond acceptors (Lipinski definition) is 6. The zero-order chi connectivity index (χ0) is 14.1. The smallest absolute Gasteiger partial charge is 0.319 e. The molecule has 2 unspecified atom stereocenters. The quantitative estimate of drug-likeness (QED) is 0.531. The summed E-state index contributed by atoms with van der Waals surface area (Å²) in [5.74, 6) is 0.444. The van der Waals surface area contributed by atoms with E-state index in [0.717, 1.165) is 30.4 Å². The molecule has 4 nitrogen and oxygen atoms in total. The Morgan fingerprint density at radius 2 is 1.78 bits per heavy atom. The molecule has 0 spiro atoms. The summed E-state index contributed by atoms with van der Waals surface area (Å²) in [5, 5.41) is -0.435. The average molecular weight is 292 g/mol. The standard InChI is InChI=1S/C12H20O4S2/c1-8(6-5-7-17-9(2)13)11(12(15)16-4)18-10(3)14/h8,11H,5-7H2,1-4H3. The third-order valence-electron chi connectivity index (χ3n) is 2.35. The van der Waals surface area contributed by atoms with Crippen LogP contribution in [-0.2, 0) is 19.1 Å². The van der Waals surface area contributed by atoms with Crippen molar-refractivity contribution in [1.29, 1.82) is 0 Å². The Hall–Kier alpha value is -0.490. The topological polar surface area (TPSA) is 60.4 Å². The average Bonchev–Trinajstić information content (AvgIpc) is 2.29. The molecule has 0 aliphatic heterocycles. The minimum Gasteiger partial charge on any atom is -0.468 e. The summed E-state index contributed by atoms with van der Waals surface area (Å²) >= 11 is 2.30. The summed E-state index contributed by atoms with van der Waals surface area (Å²) in [4.78, 5) is 33.4. The molecule has 0 fully saturated rings. The highest BCUT2D eigenvalue weighted by molar-refractivity contribution is 8.14. The van der Waals surface area contributed by atoms with E-state index in [0.29, 0.717) is 0 Å². The fourth-order valence-electron chi connectivity index (χ4n) is 1.46. The van der Waals surface area contributed by atoms with Gasteiger partial charge in [0.25, 0.3) is 0 Å². The van der Waals surface area contributed by atoms with E-state index in [4.69, 9.17) is 4.74 Å². The van der Waals surface area contributed by atoms with Crippen molar-refractivity contribution in [2.24, 2.45) is 5.92 Å². The van der Waals surface area contributed by atoms with Crippen molar-refractivity contribution in [3.8, 4) is 0 Å². The lowest BCUT2D eigenvalue weighted by molar-refractivity contribution is -0.141. The minimum atomic E-state index is -0.449. The molecule has 0 saturated carbocycles. The second-order valence-corrected chi connectivity index (χ2v) is 6.60. The van der Waals surface area contributed by atoms with Crippen molar-refractivity contribution in [3.05, 3.63) is 0 Å². The molecular formula is C12H20O4S2. The molecule has 0 N–H and O–H groups in total. The van der Waals surface area contributed by atoms with Crippen molar-refractivity contribution < 1.29 is 19.1 Å². The van der Waals surface area contributed by atoms with Crippen LogP contribution in [0.5, 0.6) is 0 Å². The number of methoxy groups -OCH3 is 1. The first-order valence-corrected chi connectivity index (χ1v) is 7.63. The molecule has 0 bridgehead atoms. The van der Waals surface area contributed by atoms with Crippen LogP contribution in [0.25, 0.3) is 0 Å². The van der Waals surface area contributed by atoms with Crippen LogP contribution < -0.4 is 0 Å². The van der Waals surface area contributed by atoms with Crippen molar-refractivity contribution in [2.45, 2.75) is 38.9 Å². The highest BCUT2D eigenvalue weighted by Crippen LogP contribution is 2.25. The molecule has 18 heavy (non-hydrogen) atoms. The number of carbonyl (C=O) groups excluding carboxylic acids is 3. The monoisotopic (exact) mass is 292 g/mol. The molecule has 104 valence electrons. The zero-order valence-corrected chi connectivity index (χ0v) is 12.9. The maximum absolute atomic E-state index is 11.6. The molecule has 0 aromatic heterocycles. The molecule has 0 amide bonds. The van der Waals surface area contributed by atoms with Gasteiger partial charge in [0, 0.05) is 19.6 Å². The zero-order valence-electron chi connectivity index (χ0n) is 11.2. The SMILES string of the molecule is COC(=O)C(SC(C)=O)C(C)CCCSC(C)=O. The first-order valence-electron chi connectivity index (χ1n) is 5.76. The molecule has 2 atom stereocenters. The van der Waals surface area contributed by atoms with E-state index in [1.165, 1.54) is 32.7 Å². The molecule has 0 saturated heterocycles. The van der Waals surface area contributed by atoms with Crippen molar-refractivity contribution in [1.82, 2.24) is 0 Å². The minimum absolute atomic E-state index is 0.0545. The van der Waals surface area contributed by atoms with E-state index in [9.17, 15) is 14.4 Å². The fraction of sp³-hybridized carbons (Fsp3) is 0.750. The highest BCUT2D eigenvalue weighted by atomic mass is 32.2. The van der Waals surface area contributed by atoms with Crippen LogP contribution in [0.2, 0.25) is 0 Å². The molecule has 6 heteroatoms. The molecule has 0 radical (unpaired) electrons. The van der Waals surface area contributed by atoms with Gasteiger partial charge in [-0.1, -0.05) is 30.4 Å². The summed E-state index contributed by atoms with van der Waals surface area (Å²) in [6.45, 7) is 4.91. The van der Waals surface area contributed by atoms with Gasteiger partial charge in [-0.15, -0.1) is 0 Å². The van der Waals surface area contributed by atoms with Gasteiger partial charge in [0.15, 0.2) is 10.2 Å². The van der Waals surface area contributed by atoms with Gasteiger partial charge in [0.2, 0.25) is 0 Å². The predicted octanol–water partition coefficient (Wildman–Crippen LogP) is 2.50. The van der Waals surface area contributed by atoms with Crippen LogP contribution in [0, 0.1) is 5.92 Å². The van der Waals surface area contributed by atoms with Crippen LogP contribution in [-0.4, -0.2) is 34.3 Å². The van der Waals surface area contributed by atoms with Gasteiger partial charge < -0.3 is 4.74 Å². The molecule has 0 rings (SSSR count). The van der Waals surface area contributed by atoms with Gasteiger partial charge in [0.05, 0.1) is 7.11 Å². The molecule has 0 aliphatic carbocycles. The normalized spacial score (nSPS) is 13.8. The summed E-state index contributed by atoms with van der Waals surface area (Å²) in [5.41, 5.74) is 0. The molecule has 0 aromatic carbocycles. The molecule has 0 aromatic rings. The molecule has 0 heterocycles. The summed E-state index contributed by atoms with van der Waals surface area (Å²) in [6, 6.07) is 0. The van der Waals surface area contributed by atoms with Crippen LogP contribution in [0.3, 0.4) is 0 Å². The van der Waals surface area contributed by atoms with E-state index in [1.807, 2.05) is 6.92 Å². The third kappa shape index (κ3) is 7.76. The maximum atomic E-state index is 11.6. The van der Waals surface area contributed by atoms with Crippen LogP contribution in [0.4, 0.5) is 0 Å². The lowest BCUT2D eigenvalue weighted by Crippen LogP contribution is -2.27. The first kappa shape index (κ1) is 17.5. The number of rotatable bonds is 7.